The summed E-state index contributed by atoms with van der Waals surface area (Å²) in [6.07, 6.45) is 9.02. The van der Waals surface area contributed by atoms with E-state index in [0.29, 0.717) is 17.4 Å². The first-order valence-electron chi connectivity index (χ1n) is 8.57. The Morgan fingerprint density at radius 2 is 2.10 bits per heavy atom. The van der Waals surface area contributed by atoms with Crippen LogP contribution in [0.4, 0.5) is 0 Å². The van der Waals surface area contributed by atoms with Gasteiger partial charge in [-0.15, -0.1) is 0 Å². The highest BCUT2D eigenvalue weighted by molar-refractivity contribution is 5.06. The molecule has 1 aliphatic heterocycles. The van der Waals surface area contributed by atoms with E-state index in [1.54, 1.807) is 5.57 Å². The molecule has 2 aliphatic rings. The molecule has 1 heterocycles. The number of nitrogens with zero attached hydrogens (tertiary/aromatic N) is 1. The Kier molecular flexibility index (Phi) is 5.30. The summed E-state index contributed by atoms with van der Waals surface area (Å²) in [4.78, 5) is 2.71. The topological polar surface area (TPSA) is 29.3 Å². The summed E-state index contributed by atoms with van der Waals surface area (Å²) in [6.45, 7) is 12.8. The second-order valence-electron chi connectivity index (χ2n) is 7.71. The largest absolute Gasteiger partial charge is 0.330 e. The van der Waals surface area contributed by atoms with Gasteiger partial charge in [0.2, 0.25) is 0 Å². The smallest absolute Gasteiger partial charge is 0.0168 e. The summed E-state index contributed by atoms with van der Waals surface area (Å²) in [5.41, 5.74) is 8.12. The average molecular weight is 278 g/mol. The van der Waals surface area contributed by atoms with Gasteiger partial charge in [0.15, 0.2) is 0 Å². The van der Waals surface area contributed by atoms with Gasteiger partial charge in [0.05, 0.1) is 0 Å². The third-order valence-electron chi connectivity index (χ3n) is 6.21. The minimum absolute atomic E-state index is 0.485. The third-order valence-corrected chi connectivity index (χ3v) is 6.21. The van der Waals surface area contributed by atoms with Crippen LogP contribution >= 0.6 is 0 Å². The van der Waals surface area contributed by atoms with E-state index in [-0.39, 0.29) is 0 Å². The molecule has 0 aromatic heterocycles. The molecule has 0 aromatic carbocycles. The van der Waals surface area contributed by atoms with Crippen LogP contribution < -0.4 is 5.73 Å². The van der Waals surface area contributed by atoms with E-state index in [1.165, 1.54) is 38.6 Å². The highest BCUT2D eigenvalue weighted by atomic mass is 15.2. The lowest BCUT2D eigenvalue weighted by molar-refractivity contribution is 0.0414. The minimum atomic E-state index is 0.485. The lowest BCUT2D eigenvalue weighted by Gasteiger charge is -2.47. The quantitative estimate of drug-likeness (QED) is 0.792. The molecule has 0 bridgehead atoms. The van der Waals surface area contributed by atoms with E-state index in [9.17, 15) is 0 Å². The van der Waals surface area contributed by atoms with Crippen LogP contribution in [0.15, 0.2) is 11.6 Å². The molecule has 0 saturated heterocycles. The first kappa shape index (κ1) is 16.0. The molecule has 0 spiro atoms. The molecule has 2 N–H and O–H groups in total. The molecular formula is C18H34N2. The summed E-state index contributed by atoms with van der Waals surface area (Å²) in [7, 11) is 0. The summed E-state index contributed by atoms with van der Waals surface area (Å²) in [6, 6.07) is 0.717. The predicted octanol–water partition coefficient (Wildman–Crippen LogP) is 3.82. The molecule has 20 heavy (non-hydrogen) atoms. The van der Waals surface area contributed by atoms with Gasteiger partial charge in [-0.2, -0.15) is 0 Å². The van der Waals surface area contributed by atoms with Crippen LogP contribution in [0.5, 0.6) is 0 Å². The first-order valence-corrected chi connectivity index (χ1v) is 8.57. The maximum absolute atomic E-state index is 6.07. The van der Waals surface area contributed by atoms with Crippen molar-refractivity contribution in [2.75, 3.05) is 19.6 Å². The summed E-state index contributed by atoms with van der Waals surface area (Å²) < 4.78 is 0. The molecule has 2 heteroatoms. The Balaban J connectivity index is 2.07. The molecule has 1 aliphatic carbocycles. The van der Waals surface area contributed by atoms with Crippen LogP contribution in [-0.4, -0.2) is 30.6 Å². The van der Waals surface area contributed by atoms with Gasteiger partial charge >= 0.3 is 0 Å². The predicted molar refractivity (Wildman–Crippen MR) is 87.7 cm³/mol. The molecule has 2 rings (SSSR count). The van der Waals surface area contributed by atoms with Crippen molar-refractivity contribution in [2.45, 2.75) is 65.8 Å². The first-order chi connectivity index (χ1) is 9.47. The minimum Gasteiger partial charge on any atom is -0.330 e. The van der Waals surface area contributed by atoms with Gasteiger partial charge in [0.1, 0.15) is 0 Å². The van der Waals surface area contributed by atoms with E-state index in [0.717, 1.165) is 19.0 Å². The molecular weight excluding hydrogens is 244 g/mol. The second-order valence-corrected chi connectivity index (χ2v) is 7.71. The fourth-order valence-electron chi connectivity index (χ4n) is 4.02. The van der Waals surface area contributed by atoms with E-state index in [2.05, 4.69) is 38.7 Å². The van der Waals surface area contributed by atoms with Crippen molar-refractivity contribution < 1.29 is 0 Å². The zero-order valence-corrected chi connectivity index (χ0v) is 14.0. The lowest BCUT2D eigenvalue weighted by Crippen LogP contribution is -2.50. The molecule has 1 fully saturated rings. The van der Waals surface area contributed by atoms with Crippen molar-refractivity contribution in [3.8, 4) is 0 Å². The monoisotopic (exact) mass is 278 g/mol. The van der Waals surface area contributed by atoms with Crippen molar-refractivity contribution in [2.24, 2.45) is 23.0 Å². The van der Waals surface area contributed by atoms with Gasteiger partial charge < -0.3 is 5.73 Å². The standard InChI is InChI=1S/C18H34N2/c1-5-18(3,4)16-7-6-15(13-19)17(12-16)20-10-8-14(2)9-11-20/h8,15-17H,5-7,9-13,19H2,1-4H3. The molecule has 0 amide bonds. The van der Waals surface area contributed by atoms with Crippen molar-refractivity contribution >= 4 is 0 Å². The summed E-state index contributed by atoms with van der Waals surface area (Å²) in [5, 5.41) is 0. The van der Waals surface area contributed by atoms with Crippen LogP contribution in [0, 0.1) is 17.3 Å². The van der Waals surface area contributed by atoms with Crippen LogP contribution in [0.1, 0.15) is 59.8 Å². The SMILES string of the molecule is CCC(C)(C)C1CCC(CN)C(N2CC=C(C)CC2)C1. The Morgan fingerprint density at radius 3 is 2.65 bits per heavy atom. The van der Waals surface area contributed by atoms with Gasteiger partial charge in [-0.1, -0.05) is 38.8 Å². The van der Waals surface area contributed by atoms with E-state index < -0.39 is 0 Å². The van der Waals surface area contributed by atoms with Gasteiger partial charge in [0.25, 0.3) is 0 Å². The number of rotatable bonds is 4. The molecule has 0 aromatic rings. The zero-order valence-electron chi connectivity index (χ0n) is 14.0. The molecule has 1 saturated carbocycles. The fraction of sp³-hybridized carbons (Fsp3) is 0.889. The normalized spacial score (nSPS) is 33.0. The Bertz CT molecular complexity index is 345. The van der Waals surface area contributed by atoms with Crippen molar-refractivity contribution in [3.05, 3.63) is 11.6 Å². The van der Waals surface area contributed by atoms with Crippen LogP contribution in [-0.2, 0) is 0 Å². The summed E-state index contributed by atoms with van der Waals surface area (Å²) >= 11 is 0. The molecule has 3 unspecified atom stereocenters. The maximum Gasteiger partial charge on any atom is 0.0168 e. The highest BCUT2D eigenvalue weighted by Gasteiger charge is 2.39. The molecule has 0 radical (unpaired) electrons. The molecule has 116 valence electrons. The van der Waals surface area contributed by atoms with Crippen LogP contribution in [0.2, 0.25) is 0 Å². The number of hydrogen-bond acceptors (Lipinski definition) is 2. The molecule has 3 atom stereocenters. The Morgan fingerprint density at radius 1 is 1.35 bits per heavy atom. The van der Waals surface area contributed by atoms with E-state index >= 15 is 0 Å². The fourth-order valence-corrected chi connectivity index (χ4v) is 4.02. The van der Waals surface area contributed by atoms with Crippen molar-refractivity contribution in [3.63, 3.8) is 0 Å². The lowest BCUT2D eigenvalue weighted by atomic mass is 9.65. The molecule has 2 nitrogen and oxygen atoms in total. The van der Waals surface area contributed by atoms with Gasteiger partial charge in [-0.05, 0) is 56.4 Å². The number of hydrogen-bond donors (Lipinski definition) is 1. The van der Waals surface area contributed by atoms with Crippen molar-refractivity contribution in [1.29, 1.82) is 0 Å². The third kappa shape index (κ3) is 3.46. The average Bonchev–Trinajstić information content (AvgIpc) is 2.47. The van der Waals surface area contributed by atoms with E-state index in [1.807, 2.05) is 0 Å². The van der Waals surface area contributed by atoms with Gasteiger partial charge in [-0.25, -0.2) is 0 Å². The number of nitrogens with two attached hydrogens (primary N) is 1. The Labute approximate surface area is 125 Å². The second kappa shape index (κ2) is 6.62. The zero-order chi connectivity index (χ0) is 14.8. The van der Waals surface area contributed by atoms with Crippen LogP contribution in [0.25, 0.3) is 0 Å². The van der Waals surface area contributed by atoms with Gasteiger partial charge in [-0.3, -0.25) is 4.90 Å². The maximum atomic E-state index is 6.07. The van der Waals surface area contributed by atoms with Crippen molar-refractivity contribution in [1.82, 2.24) is 4.90 Å². The highest BCUT2D eigenvalue weighted by Crippen LogP contribution is 2.43. The summed E-state index contributed by atoms with van der Waals surface area (Å²) in [5.74, 6) is 1.58. The van der Waals surface area contributed by atoms with Gasteiger partial charge in [0, 0.05) is 19.1 Å². The van der Waals surface area contributed by atoms with Crippen LogP contribution in [0.3, 0.4) is 0 Å². The van der Waals surface area contributed by atoms with E-state index in [4.69, 9.17) is 5.73 Å². The Hall–Kier alpha value is -0.340.